The number of aliphatic carboxylic acids is 1. The average molecular weight is 286 g/mol. The highest BCUT2D eigenvalue weighted by Gasteiger charge is 2.51. The molecule has 1 N–H and O–H groups in total. The van der Waals surface area contributed by atoms with Gasteiger partial charge in [0.15, 0.2) is 0 Å². The molecular formula is C14H26N2O4. The van der Waals surface area contributed by atoms with Crippen molar-refractivity contribution in [1.82, 2.24) is 9.80 Å². The second-order valence-electron chi connectivity index (χ2n) is 6.84. The molecule has 116 valence electrons. The Kier molecular flexibility index (Phi) is 4.69. The Bertz CT molecular complexity index is 381. The summed E-state index contributed by atoms with van der Waals surface area (Å²) in [4.78, 5) is 26.6. The highest BCUT2D eigenvalue weighted by atomic mass is 16.6. The number of rotatable bonds is 4. The standard InChI is InChI=1S/C14H26N2O4/c1-10(2)15(6)14(7-11(17)18)8-16(9-14)12(19)20-13(3,4)5/h10H,7-9H2,1-6H3,(H,17,18). The lowest BCUT2D eigenvalue weighted by molar-refractivity contribution is -0.146. The molecule has 20 heavy (non-hydrogen) atoms. The van der Waals surface area contributed by atoms with Gasteiger partial charge in [0.25, 0.3) is 0 Å². The topological polar surface area (TPSA) is 70.1 Å². The zero-order valence-corrected chi connectivity index (χ0v) is 13.3. The Labute approximate surface area is 120 Å². The SMILES string of the molecule is CC(C)N(C)C1(CC(=O)O)CN(C(=O)OC(C)(C)C)C1. The molecule has 0 aromatic carbocycles. The minimum Gasteiger partial charge on any atom is -0.481 e. The Hall–Kier alpha value is -1.30. The maximum Gasteiger partial charge on any atom is 0.410 e. The van der Waals surface area contributed by atoms with E-state index in [-0.39, 0.29) is 18.6 Å². The van der Waals surface area contributed by atoms with Crippen LogP contribution in [0.5, 0.6) is 0 Å². The molecule has 0 atom stereocenters. The van der Waals surface area contributed by atoms with E-state index in [9.17, 15) is 9.59 Å². The fourth-order valence-electron chi connectivity index (χ4n) is 2.41. The smallest absolute Gasteiger partial charge is 0.410 e. The average Bonchev–Trinajstić information content (AvgIpc) is 2.18. The number of likely N-dealkylation sites (N-methyl/N-ethyl adjacent to an activating group) is 1. The molecule has 1 fully saturated rings. The van der Waals surface area contributed by atoms with E-state index in [0.29, 0.717) is 13.1 Å². The molecule has 0 aromatic heterocycles. The van der Waals surface area contributed by atoms with Crippen LogP contribution in [-0.2, 0) is 9.53 Å². The molecule has 6 heteroatoms. The number of hydrogen-bond donors (Lipinski definition) is 1. The lowest BCUT2D eigenvalue weighted by Crippen LogP contribution is -2.72. The normalized spacial score (nSPS) is 18.1. The molecule has 1 rings (SSSR count). The molecule has 0 aliphatic carbocycles. The van der Waals surface area contributed by atoms with Gasteiger partial charge < -0.3 is 14.7 Å². The summed E-state index contributed by atoms with van der Waals surface area (Å²) in [6.45, 7) is 10.3. The van der Waals surface area contributed by atoms with Gasteiger partial charge in [-0.1, -0.05) is 0 Å². The summed E-state index contributed by atoms with van der Waals surface area (Å²) >= 11 is 0. The quantitative estimate of drug-likeness (QED) is 0.853. The molecule has 0 spiro atoms. The molecule has 0 saturated carbocycles. The monoisotopic (exact) mass is 286 g/mol. The van der Waals surface area contributed by atoms with Crippen LogP contribution in [0.15, 0.2) is 0 Å². The lowest BCUT2D eigenvalue weighted by Gasteiger charge is -2.55. The number of carbonyl (C=O) groups excluding carboxylic acids is 1. The van der Waals surface area contributed by atoms with Gasteiger partial charge in [-0.25, -0.2) is 4.79 Å². The Morgan fingerprint density at radius 2 is 1.85 bits per heavy atom. The van der Waals surface area contributed by atoms with Gasteiger partial charge in [0.2, 0.25) is 0 Å². The van der Waals surface area contributed by atoms with E-state index in [4.69, 9.17) is 9.84 Å². The molecule has 1 aliphatic heterocycles. The van der Waals surface area contributed by atoms with Crippen molar-refractivity contribution in [3.05, 3.63) is 0 Å². The van der Waals surface area contributed by atoms with Crippen LogP contribution in [0.1, 0.15) is 41.0 Å². The van der Waals surface area contributed by atoms with Crippen LogP contribution in [-0.4, -0.2) is 64.3 Å². The number of amides is 1. The molecule has 0 aromatic rings. The summed E-state index contributed by atoms with van der Waals surface area (Å²) in [7, 11) is 1.90. The van der Waals surface area contributed by atoms with Crippen molar-refractivity contribution in [2.75, 3.05) is 20.1 Å². The van der Waals surface area contributed by atoms with E-state index < -0.39 is 17.1 Å². The van der Waals surface area contributed by atoms with Crippen LogP contribution in [0, 0.1) is 0 Å². The summed E-state index contributed by atoms with van der Waals surface area (Å²) in [5.41, 5.74) is -1.02. The lowest BCUT2D eigenvalue weighted by atomic mass is 9.84. The van der Waals surface area contributed by atoms with Crippen LogP contribution >= 0.6 is 0 Å². The minimum atomic E-state index is -0.846. The summed E-state index contributed by atoms with van der Waals surface area (Å²) in [6.07, 6.45) is -0.350. The summed E-state index contributed by atoms with van der Waals surface area (Å²) in [5.74, 6) is -0.846. The fourth-order valence-corrected chi connectivity index (χ4v) is 2.41. The third-order valence-electron chi connectivity index (χ3n) is 3.63. The number of ether oxygens (including phenoxy) is 1. The van der Waals surface area contributed by atoms with E-state index in [1.807, 2.05) is 46.6 Å². The number of carboxylic acids is 1. The van der Waals surface area contributed by atoms with Gasteiger partial charge in [-0.2, -0.15) is 0 Å². The first kappa shape index (κ1) is 16.8. The largest absolute Gasteiger partial charge is 0.481 e. The van der Waals surface area contributed by atoms with Gasteiger partial charge in [-0.05, 0) is 41.7 Å². The van der Waals surface area contributed by atoms with Gasteiger partial charge in [0, 0.05) is 19.1 Å². The first-order chi connectivity index (χ1) is 8.97. The van der Waals surface area contributed by atoms with Crippen LogP contribution < -0.4 is 0 Å². The van der Waals surface area contributed by atoms with Crippen molar-refractivity contribution in [2.45, 2.75) is 58.2 Å². The highest BCUT2D eigenvalue weighted by Crippen LogP contribution is 2.33. The van der Waals surface area contributed by atoms with Crippen molar-refractivity contribution in [1.29, 1.82) is 0 Å². The summed E-state index contributed by atoms with van der Waals surface area (Å²) in [5, 5.41) is 9.09. The number of hydrogen-bond acceptors (Lipinski definition) is 4. The van der Waals surface area contributed by atoms with Gasteiger partial charge in [-0.3, -0.25) is 9.69 Å². The van der Waals surface area contributed by atoms with E-state index >= 15 is 0 Å². The molecule has 0 bridgehead atoms. The Morgan fingerprint density at radius 3 is 2.20 bits per heavy atom. The van der Waals surface area contributed by atoms with E-state index in [1.165, 1.54) is 0 Å². The number of carbonyl (C=O) groups is 2. The zero-order valence-electron chi connectivity index (χ0n) is 13.3. The predicted octanol–water partition coefficient (Wildman–Crippen LogP) is 1.79. The minimum absolute atomic E-state index is 0.0287. The molecule has 1 amide bonds. The molecule has 0 unspecified atom stereocenters. The number of likely N-dealkylation sites (tertiary alicyclic amines) is 1. The molecule has 1 aliphatic rings. The first-order valence-corrected chi connectivity index (χ1v) is 6.89. The fraction of sp³-hybridized carbons (Fsp3) is 0.857. The van der Waals surface area contributed by atoms with Crippen LogP contribution in [0.25, 0.3) is 0 Å². The van der Waals surface area contributed by atoms with E-state index in [1.54, 1.807) is 4.90 Å². The van der Waals surface area contributed by atoms with Crippen LogP contribution in [0.3, 0.4) is 0 Å². The third-order valence-corrected chi connectivity index (χ3v) is 3.63. The Balaban J connectivity index is 2.71. The number of carboxylic acid groups (broad SMARTS) is 1. The van der Waals surface area contributed by atoms with Crippen molar-refractivity contribution in [3.8, 4) is 0 Å². The Morgan fingerprint density at radius 1 is 1.35 bits per heavy atom. The molecular weight excluding hydrogens is 260 g/mol. The molecule has 0 radical (unpaired) electrons. The summed E-state index contributed by atoms with van der Waals surface area (Å²) in [6, 6.07) is 0.218. The summed E-state index contributed by atoms with van der Waals surface area (Å²) < 4.78 is 5.30. The van der Waals surface area contributed by atoms with Gasteiger partial charge >= 0.3 is 12.1 Å². The molecule has 1 heterocycles. The second-order valence-corrected chi connectivity index (χ2v) is 6.84. The van der Waals surface area contributed by atoms with Crippen molar-refractivity contribution in [2.24, 2.45) is 0 Å². The zero-order chi connectivity index (χ0) is 15.7. The van der Waals surface area contributed by atoms with Crippen molar-refractivity contribution < 1.29 is 19.4 Å². The van der Waals surface area contributed by atoms with Gasteiger partial charge in [-0.15, -0.1) is 0 Å². The third kappa shape index (κ3) is 3.85. The molecule has 6 nitrogen and oxygen atoms in total. The van der Waals surface area contributed by atoms with Gasteiger partial charge in [0.05, 0.1) is 12.0 Å². The first-order valence-electron chi connectivity index (χ1n) is 6.89. The predicted molar refractivity (Wildman–Crippen MR) is 75.7 cm³/mol. The van der Waals surface area contributed by atoms with Crippen LogP contribution in [0.2, 0.25) is 0 Å². The van der Waals surface area contributed by atoms with Gasteiger partial charge in [0.1, 0.15) is 5.60 Å². The number of nitrogens with zero attached hydrogens (tertiary/aromatic N) is 2. The van der Waals surface area contributed by atoms with Crippen LogP contribution in [0.4, 0.5) is 4.79 Å². The highest BCUT2D eigenvalue weighted by molar-refractivity contribution is 5.73. The van der Waals surface area contributed by atoms with Crippen molar-refractivity contribution in [3.63, 3.8) is 0 Å². The van der Waals surface area contributed by atoms with Crippen molar-refractivity contribution >= 4 is 12.1 Å². The second kappa shape index (κ2) is 5.60. The maximum absolute atomic E-state index is 11.9. The maximum atomic E-state index is 11.9. The van der Waals surface area contributed by atoms with E-state index in [0.717, 1.165) is 0 Å². The van der Waals surface area contributed by atoms with E-state index in [2.05, 4.69) is 0 Å². The molecule has 1 saturated heterocycles.